The summed E-state index contributed by atoms with van der Waals surface area (Å²) >= 11 is 0. The molecule has 0 spiro atoms. The third-order valence-electron chi connectivity index (χ3n) is 2.81. The lowest BCUT2D eigenvalue weighted by atomic mass is 9.74. The molecule has 0 amide bonds. The van der Waals surface area contributed by atoms with Crippen LogP contribution in [0.5, 0.6) is 0 Å². The predicted octanol–water partition coefficient (Wildman–Crippen LogP) is 1.17. The van der Waals surface area contributed by atoms with Crippen LogP contribution in [-0.2, 0) is 9.47 Å². The highest BCUT2D eigenvalue weighted by molar-refractivity contribution is 4.90. The van der Waals surface area contributed by atoms with Gasteiger partial charge in [-0.05, 0) is 26.7 Å². The van der Waals surface area contributed by atoms with E-state index in [1.54, 1.807) is 7.11 Å². The number of hydrogen-bond acceptors (Lipinski definition) is 3. The summed E-state index contributed by atoms with van der Waals surface area (Å²) in [4.78, 5) is 0. The summed E-state index contributed by atoms with van der Waals surface area (Å²) in [5, 5.41) is 0. The molecule has 0 aromatic rings. The van der Waals surface area contributed by atoms with Crippen molar-refractivity contribution in [1.82, 2.24) is 0 Å². The summed E-state index contributed by atoms with van der Waals surface area (Å²) in [5.41, 5.74) is 5.90. The first-order chi connectivity index (χ1) is 6.04. The van der Waals surface area contributed by atoms with Gasteiger partial charge in [-0.15, -0.1) is 0 Å². The fourth-order valence-corrected chi connectivity index (χ4v) is 2.25. The molecule has 13 heavy (non-hydrogen) atoms. The Morgan fingerprint density at radius 2 is 2.15 bits per heavy atom. The van der Waals surface area contributed by atoms with Gasteiger partial charge in [0, 0.05) is 25.7 Å². The first-order valence-electron chi connectivity index (χ1n) is 4.87. The first-order valence-corrected chi connectivity index (χ1v) is 4.87. The standard InChI is InChI=1S/C10H21NO2/c1-9(2)6-10(7-11,8-12-3)4-5-13-9/h4-8,11H2,1-3H3. The van der Waals surface area contributed by atoms with E-state index >= 15 is 0 Å². The van der Waals surface area contributed by atoms with E-state index < -0.39 is 0 Å². The van der Waals surface area contributed by atoms with Crippen LogP contribution in [0.2, 0.25) is 0 Å². The van der Waals surface area contributed by atoms with Crippen LogP contribution in [-0.4, -0.2) is 32.5 Å². The van der Waals surface area contributed by atoms with E-state index in [0.717, 1.165) is 26.1 Å². The zero-order chi connectivity index (χ0) is 9.95. The van der Waals surface area contributed by atoms with E-state index in [1.807, 2.05) is 0 Å². The molecule has 3 nitrogen and oxygen atoms in total. The molecule has 78 valence electrons. The Hall–Kier alpha value is -0.120. The zero-order valence-electron chi connectivity index (χ0n) is 8.93. The van der Waals surface area contributed by atoms with Crippen molar-refractivity contribution >= 4 is 0 Å². The molecular weight excluding hydrogens is 166 g/mol. The third-order valence-corrected chi connectivity index (χ3v) is 2.81. The van der Waals surface area contributed by atoms with Crippen molar-refractivity contribution in [2.24, 2.45) is 11.1 Å². The van der Waals surface area contributed by atoms with Gasteiger partial charge in [0.1, 0.15) is 0 Å². The summed E-state index contributed by atoms with van der Waals surface area (Å²) in [6.45, 7) is 6.47. The molecule has 0 aliphatic carbocycles. The maximum Gasteiger partial charge on any atom is 0.0633 e. The summed E-state index contributed by atoms with van der Waals surface area (Å²) in [5.74, 6) is 0. The highest BCUT2D eigenvalue weighted by Gasteiger charge is 2.39. The second-order valence-corrected chi connectivity index (χ2v) is 4.67. The summed E-state index contributed by atoms with van der Waals surface area (Å²) in [7, 11) is 1.74. The quantitative estimate of drug-likeness (QED) is 0.721. The van der Waals surface area contributed by atoms with Gasteiger partial charge in [0.25, 0.3) is 0 Å². The molecular formula is C10H21NO2. The molecule has 3 heteroatoms. The van der Waals surface area contributed by atoms with Crippen LogP contribution in [0.1, 0.15) is 26.7 Å². The highest BCUT2D eigenvalue weighted by Crippen LogP contribution is 2.38. The lowest BCUT2D eigenvalue weighted by Crippen LogP contribution is -2.47. The Kier molecular flexibility index (Phi) is 3.33. The minimum Gasteiger partial charge on any atom is -0.384 e. The predicted molar refractivity (Wildman–Crippen MR) is 52.6 cm³/mol. The van der Waals surface area contributed by atoms with Crippen molar-refractivity contribution in [2.75, 3.05) is 26.9 Å². The first kappa shape index (κ1) is 11.0. The minimum atomic E-state index is -0.0455. The van der Waals surface area contributed by atoms with Gasteiger partial charge in [-0.2, -0.15) is 0 Å². The van der Waals surface area contributed by atoms with Gasteiger partial charge in [-0.3, -0.25) is 0 Å². The second kappa shape index (κ2) is 3.95. The van der Waals surface area contributed by atoms with Gasteiger partial charge < -0.3 is 15.2 Å². The average Bonchev–Trinajstić information content (AvgIpc) is 2.03. The van der Waals surface area contributed by atoms with Crippen LogP contribution >= 0.6 is 0 Å². The summed E-state index contributed by atoms with van der Waals surface area (Å²) in [6, 6.07) is 0. The van der Waals surface area contributed by atoms with Gasteiger partial charge in [-0.25, -0.2) is 0 Å². The van der Waals surface area contributed by atoms with Crippen LogP contribution in [0, 0.1) is 5.41 Å². The van der Waals surface area contributed by atoms with Crippen molar-refractivity contribution in [3.05, 3.63) is 0 Å². The number of ether oxygens (including phenoxy) is 2. The van der Waals surface area contributed by atoms with Gasteiger partial charge in [0.15, 0.2) is 0 Å². The van der Waals surface area contributed by atoms with Crippen LogP contribution in [0.3, 0.4) is 0 Å². The van der Waals surface area contributed by atoms with Gasteiger partial charge in [-0.1, -0.05) is 0 Å². The maximum absolute atomic E-state index is 5.81. The Bertz CT molecular complexity index is 166. The summed E-state index contributed by atoms with van der Waals surface area (Å²) in [6.07, 6.45) is 2.01. The van der Waals surface area contributed by atoms with Crippen molar-refractivity contribution in [2.45, 2.75) is 32.3 Å². The summed E-state index contributed by atoms with van der Waals surface area (Å²) < 4.78 is 10.9. The number of hydrogen-bond donors (Lipinski definition) is 1. The average molecular weight is 187 g/mol. The molecule has 2 N–H and O–H groups in total. The highest BCUT2D eigenvalue weighted by atomic mass is 16.5. The fraction of sp³-hybridized carbons (Fsp3) is 1.00. The molecule has 0 aromatic carbocycles. The van der Waals surface area contributed by atoms with Crippen molar-refractivity contribution in [3.8, 4) is 0 Å². The van der Waals surface area contributed by atoms with E-state index in [-0.39, 0.29) is 11.0 Å². The molecule has 0 saturated carbocycles. The molecule has 0 radical (unpaired) electrons. The number of rotatable bonds is 3. The second-order valence-electron chi connectivity index (χ2n) is 4.67. The van der Waals surface area contributed by atoms with Crippen LogP contribution in [0.15, 0.2) is 0 Å². The molecule has 1 rings (SSSR count). The minimum absolute atomic E-state index is 0.0455. The van der Waals surface area contributed by atoms with Crippen molar-refractivity contribution in [1.29, 1.82) is 0 Å². The SMILES string of the molecule is COCC1(CN)CCOC(C)(C)C1. The monoisotopic (exact) mass is 187 g/mol. The van der Waals surface area contributed by atoms with Crippen LogP contribution in [0.4, 0.5) is 0 Å². The van der Waals surface area contributed by atoms with E-state index in [0.29, 0.717) is 6.54 Å². The smallest absolute Gasteiger partial charge is 0.0633 e. The Labute approximate surface area is 80.6 Å². The topological polar surface area (TPSA) is 44.5 Å². The molecule has 1 aliphatic rings. The molecule has 1 aliphatic heterocycles. The molecule has 0 bridgehead atoms. The number of nitrogens with two attached hydrogens (primary N) is 1. The third kappa shape index (κ3) is 2.66. The van der Waals surface area contributed by atoms with Gasteiger partial charge >= 0.3 is 0 Å². The lowest BCUT2D eigenvalue weighted by molar-refractivity contribution is -0.118. The largest absolute Gasteiger partial charge is 0.384 e. The van der Waals surface area contributed by atoms with Crippen molar-refractivity contribution in [3.63, 3.8) is 0 Å². The van der Waals surface area contributed by atoms with E-state index in [2.05, 4.69) is 13.8 Å². The van der Waals surface area contributed by atoms with E-state index in [1.165, 1.54) is 0 Å². The molecule has 1 saturated heterocycles. The van der Waals surface area contributed by atoms with Gasteiger partial charge in [0.05, 0.1) is 12.2 Å². The van der Waals surface area contributed by atoms with Crippen molar-refractivity contribution < 1.29 is 9.47 Å². The molecule has 1 atom stereocenters. The van der Waals surface area contributed by atoms with Crippen LogP contribution in [0.25, 0.3) is 0 Å². The van der Waals surface area contributed by atoms with Crippen LogP contribution < -0.4 is 5.73 Å². The maximum atomic E-state index is 5.81. The molecule has 1 heterocycles. The normalized spacial score (nSPS) is 33.2. The fourth-order valence-electron chi connectivity index (χ4n) is 2.25. The lowest BCUT2D eigenvalue weighted by Gasteiger charge is -2.43. The molecule has 1 unspecified atom stereocenters. The zero-order valence-corrected chi connectivity index (χ0v) is 8.93. The Morgan fingerprint density at radius 3 is 2.62 bits per heavy atom. The number of methoxy groups -OCH3 is 1. The molecule has 1 fully saturated rings. The van der Waals surface area contributed by atoms with E-state index in [9.17, 15) is 0 Å². The van der Waals surface area contributed by atoms with Gasteiger partial charge in [0.2, 0.25) is 0 Å². The Morgan fingerprint density at radius 1 is 1.46 bits per heavy atom. The molecule has 0 aromatic heterocycles. The van der Waals surface area contributed by atoms with E-state index in [4.69, 9.17) is 15.2 Å². The Balaban J connectivity index is 2.64.